The zero-order valence-corrected chi connectivity index (χ0v) is 14.7. The lowest BCUT2D eigenvalue weighted by Crippen LogP contribution is -2.38. The van der Waals surface area contributed by atoms with Gasteiger partial charge in [-0.15, -0.1) is 21.5 Å². The van der Waals surface area contributed by atoms with Gasteiger partial charge in [-0.1, -0.05) is 0 Å². The van der Waals surface area contributed by atoms with Crippen molar-refractivity contribution in [2.45, 2.75) is 45.8 Å². The number of aliphatic imine (C=N–C) groups is 1. The Kier molecular flexibility index (Phi) is 4.90. The number of rotatable bonds is 4. The van der Waals surface area contributed by atoms with Crippen LogP contribution in [-0.4, -0.2) is 44.7 Å². The molecule has 0 saturated carbocycles. The smallest absolute Gasteiger partial charge is 0.194 e. The predicted molar refractivity (Wildman–Crippen MR) is 91.5 cm³/mol. The van der Waals surface area contributed by atoms with E-state index in [1.165, 1.54) is 12.8 Å². The van der Waals surface area contributed by atoms with E-state index in [1.807, 2.05) is 14.0 Å². The van der Waals surface area contributed by atoms with Crippen molar-refractivity contribution in [2.75, 3.05) is 14.1 Å². The highest BCUT2D eigenvalue weighted by atomic mass is 32.1. The fourth-order valence-electron chi connectivity index (χ4n) is 2.84. The first-order chi connectivity index (χ1) is 11.2. The lowest BCUT2D eigenvalue weighted by molar-refractivity contribution is 0.463. The molecule has 0 aromatic carbocycles. The summed E-state index contributed by atoms with van der Waals surface area (Å²) in [6, 6.07) is 0. The van der Waals surface area contributed by atoms with E-state index in [1.54, 1.807) is 18.4 Å². The molecule has 7 nitrogen and oxygen atoms in total. The predicted octanol–water partition coefficient (Wildman–Crippen LogP) is 1.59. The van der Waals surface area contributed by atoms with Crippen molar-refractivity contribution in [3.63, 3.8) is 0 Å². The Labute approximate surface area is 140 Å². The summed E-state index contributed by atoms with van der Waals surface area (Å²) in [4.78, 5) is 10.9. The molecule has 0 spiro atoms. The van der Waals surface area contributed by atoms with Gasteiger partial charge < -0.3 is 14.8 Å². The first-order valence-corrected chi connectivity index (χ1v) is 8.79. The summed E-state index contributed by atoms with van der Waals surface area (Å²) < 4.78 is 2.23. The van der Waals surface area contributed by atoms with Crippen molar-refractivity contribution in [1.82, 2.24) is 30.0 Å². The minimum absolute atomic E-state index is 0.639. The molecule has 0 aliphatic carbocycles. The molecular formula is C15H23N7S. The van der Waals surface area contributed by atoms with Gasteiger partial charge in [0.1, 0.15) is 5.82 Å². The second kappa shape index (κ2) is 7.08. The van der Waals surface area contributed by atoms with E-state index in [0.29, 0.717) is 6.54 Å². The molecule has 2 aromatic rings. The van der Waals surface area contributed by atoms with Gasteiger partial charge in [-0.2, -0.15) is 0 Å². The highest BCUT2D eigenvalue weighted by molar-refractivity contribution is 7.09. The van der Waals surface area contributed by atoms with Crippen LogP contribution in [0.2, 0.25) is 0 Å². The molecule has 0 amide bonds. The lowest BCUT2D eigenvalue weighted by Gasteiger charge is -2.21. The third-order valence-electron chi connectivity index (χ3n) is 3.98. The number of nitrogens with one attached hydrogen (secondary N) is 1. The zero-order valence-electron chi connectivity index (χ0n) is 13.9. The first-order valence-electron chi connectivity index (χ1n) is 7.91. The van der Waals surface area contributed by atoms with Crippen LogP contribution in [0.25, 0.3) is 0 Å². The Bertz CT molecular complexity index is 688. The maximum atomic E-state index is 4.50. The Morgan fingerprint density at radius 2 is 2.30 bits per heavy atom. The Balaban J connectivity index is 1.60. The first kappa shape index (κ1) is 15.9. The molecule has 8 heteroatoms. The van der Waals surface area contributed by atoms with Crippen LogP contribution in [0.1, 0.15) is 35.2 Å². The molecule has 2 aromatic heterocycles. The van der Waals surface area contributed by atoms with E-state index in [9.17, 15) is 0 Å². The number of guanidine groups is 1. The van der Waals surface area contributed by atoms with Crippen LogP contribution in [0.3, 0.4) is 0 Å². The topological polar surface area (TPSA) is 71.2 Å². The SMILES string of the molecule is CN=C(NCc1nnc2n1CCCC2)N(C)Cc1csc(C)n1. The van der Waals surface area contributed by atoms with Gasteiger partial charge >= 0.3 is 0 Å². The molecule has 1 aliphatic heterocycles. The van der Waals surface area contributed by atoms with Crippen molar-refractivity contribution in [3.8, 4) is 0 Å². The summed E-state index contributed by atoms with van der Waals surface area (Å²) in [5, 5.41) is 15.2. The molecule has 0 unspecified atom stereocenters. The molecular weight excluding hydrogens is 310 g/mol. The fourth-order valence-corrected chi connectivity index (χ4v) is 3.44. The van der Waals surface area contributed by atoms with Gasteiger partial charge in [-0.3, -0.25) is 4.99 Å². The second-order valence-electron chi connectivity index (χ2n) is 5.76. The van der Waals surface area contributed by atoms with Crippen molar-refractivity contribution < 1.29 is 0 Å². The van der Waals surface area contributed by atoms with Crippen LogP contribution in [0.4, 0.5) is 0 Å². The summed E-state index contributed by atoms with van der Waals surface area (Å²) >= 11 is 1.67. The van der Waals surface area contributed by atoms with Gasteiger partial charge in [0.15, 0.2) is 11.8 Å². The van der Waals surface area contributed by atoms with Crippen LogP contribution >= 0.6 is 11.3 Å². The van der Waals surface area contributed by atoms with Gasteiger partial charge in [-0.05, 0) is 19.8 Å². The number of aromatic nitrogens is 4. The number of hydrogen-bond donors (Lipinski definition) is 1. The van der Waals surface area contributed by atoms with Crippen molar-refractivity contribution in [2.24, 2.45) is 4.99 Å². The molecule has 0 fully saturated rings. The van der Waals surface area contributed by atoms with Crippen LogP contribution in [0.15, 0.2) is 10.4 Å². The van der Waals surface area contributed by atoms with Crippen LogP contribution in [0.5, 0.6) is 0 Å². The fraction of sp³-hybridized carbons (Fsp3) is 0.600. The lowest BCUT2D eigenvalue weighted by atomic mass is 10.2. The van der Waals surface area contributed by atoms with E-state index in [2.05, 4.69) is 40.3 Å². The molecule has 124 valence electrons. The second-order valence-corrected chi connectivity index (χ2v) is 6.82. The summed E-state index contributed by atoms with van der Waals surface area (Å²) in [6.45, 7) is 4.42. The number of hydrogen-bond acceptors (Lipinski definition) is 5. The number of aryl methyl sites for hydroxylation is 2. The summed E-state index contributed by atoms with van der Waals surface area (Å²) in [7, 11) is 3.81. The maximum Gasteiger partial charge on any atom is 0.194 e. The molecule has 3 rings (SSSR count). The number of fused-ring (bicyclic) bond motifs is 1. The van der Waals surface area contributed by atoms with Gasteiger partial charge in [0.25, 0.3) is 0 Å². The van der Waals surface area contributed by atoms with Crippen LogP contribution < -0.4 is 5.32 Å². The average molecular weight is 333 g/mol. The molecule has 1 aliphatic rings. The zero-order chi connectivity index (χ0) is 16.2. The minimum atomic E-state index is 0.639. The third-order valence-corrected chi connectivity index (χ3v) is 4.80. The molecule has 0 atom stereocenters. The maximum absolute atomic E-state index is 4.50. The number of thiazole rings is 1. The molecule has 0 saturated heterocycles. The van der Waals surface area contributed by atoms with Crippen LogP contribution in [-0.2, 0) is 26.1 Å². The minimum Gasteiger partial charge on any atom is -0.349 e. The third kappa shape index (κ3) is 3.69. The highest BCUT2D eigenvalue weighted by Crippen LogP contribution is 2.14. The molecule has 3 heterocycles. The van der Waals surface area contributed by atoms with E-state index in [-0.39, 0.29) is 0 Å². The largest absolute Gasteiger partial charge is 0.349 e. The quantitative estimate of drug-likeness (QED) is 0.679. The normalized spacial score (nSPS) is 14.7. The monoisotopic (exact) mass is 333 g/mol. The summed E-state index contributed by atoms with van der Waals surface area (Å²) in [6.07, 6.45) is 3.45. The summed E-state index contributed by atoms with van der Waals surface area (Å²) in [5.74, 6) is 2.93. The average Bonchev–Trinajstić information content (AvgIpc) is 3.14. The molecule has 0 bridgehead atoms. The van der Waals surface area contributed by atoms with Crippen molar-refractivity contribution in [1.29, 1.82) is 0 Å². The van der Waals surface area contributed by atoms with Crippen LogP contribution in [0, 0.1) is 6.92 Å². The van der Waals surface area contributed by atoms with Crippen molar-refractivity contribution in [3.05, 3.63) is 27.7 Å². The highest BCUT2D eigenvalue weighted by Gasteiger charge is 2.16. The van der Waals surface area contributed by atoms with Crippen molar-refractivity contribution >= 4 is 17.3 Å². The van der Waals surface area contributed by atoms with Gasteiger partial charge in [0, 0.05) is 32.4 Å². The Morgan fingerprint density at radius 3 is 3.04 bits per heavy atom. The molecule has 0 radical (unpaired) electrons. The van der Waals surface area contributed by atoms with E-state index in [4.69, 9.17) is 0 Å². The molecule has 23 heavy (non-hydrogen) atoms. The van der Waals surface area contributed by atoms with Gasteiger partial charge in [-0.25, -0.2) is 4.98 Å². The summed E-state index contributed by atoms with van der Waals surface area (Å²) in [5.41, 5.74) is 1.07. The Hall–Kier alpha value is -1.96. The van der Waals surface area contributed by atoms with E-state index < -0.39 is 0 Å². The van der Waals surface area contributed by atoms with E-state index >= 15 is 0 Å². The standard InChI is InChI=1S/C15H23N7S/c1-11-18-12(10-23-11)9-21(3)15(16-2)17-8-14-20-19-13-6-4-5-7-22(13)14/h10H,4-9H2,1-3H3,(H,16,17). The Morgan fingerprint density at radius 1 is 1.43 bits per heavy atom. The molecule has 1 N–H and O–H groups in total. The van der Waals surface area contributed by atoms with E-state index in [0.717, 1.165) is 47.8 Å². The van der Waals surface area contributed by atoms with Gasteiger partial charge in [0.2, 0.25) is 0 Å². The number of nitrogens with zero attached hydrogens (tertiary/aromatic N) is 6. The van der Waals surface area contributed by atoms with Gasteiger partial charge in [0.05, 0.1) is 23.8 Å².